The number of aromatic nitrogens is 5. The minimum absolute atomic E-state index is 0.0857. The van der Waals surface area contributed by atoms with Gasteiger partial charge in [-0.15, -0.1) is 10.2 Å². The van der Waals surface area contributed by atoms with Crippen molar-refractivity contribution in [3.8, 4) is 28.1 Å². The van der Waals surface area contributed by atoms with E-state index in [1.54, 1.807) is 29.2 Å². The Morgan fingerprint density at radius 3 is 2.25 bits per heavy atom. The fraction of sp³-hybridized carbons (Fsp3) is 0.475. The Morgan fingerprint density at radius 2 is 1.56 bits per heavy atom. The number of nitrogens with zero attached hydrogens (tertiary/aromatic N) is 10. The first kappa shape index (κ1) is 50.8. The summed E-state index contributed by atoms with van der Waals surface area (Å²) in [5, 5.41) is 34.5. The predicted octanol–water partition coefficient (Wildman–Crippen LogP) is 8.53. The minimum Gasteiger partial charge on any atom is -0.507 e. The fourth-order valence-corrected chi connectivity index (χ4v) is 13.6. The number of nitrogens with one attached hydrogen (secondary N) is 1. The highest BCUT2D eigenvalue weighted by atomic mass is 19.1. The molecule has 18 heteroatoms. The quantitative estimate of drug-likeness (QED) is 0.0906. The summed E-state index contributed by atoms with van der Waals surface area (Å²) >= 11 is 0. The molecule has 1 spiro atoms. The number of hydroxylamine groups is 1. The maximum absolute atomic E-state index is 14.6. The van der Waals surface area contributed by atoms with Crippen LogP contribution in [0.15, 0.2) is 107 Å². The number of hydrogen-bond acceptors (Lipinski definition) is 16. The van der Waals surface area contributed by atoms with E-state index in [2.05, 4.69) is 49.4 Å². The van der Waals surface area contributed by atoms with Gasteiger partial charge >= 0.3 is 0 Å². The van der Waals surface area contributed by atoms with E-state index in [1.807, 2.05) is 87.8 Å². The molecule has 3 aromatic heterocycles. The molecule has 6 aromatic rings. The first-order valence-electron chi connectivity index (χ1n) is 27.5. The Bertz CT molecular complexity index is 3140. The molecule has 77 heavy (non-hydrogen) atoms. The van der Waals surface area contributed by atoms with E-state index >= 15 is 0 Å². The van der Waals surface area contributed by atoms with Gasteiger partial charge in [0.15, 0.2) is 5.82 Å². The van der Waals surface area contributed by atoms with Gasteiger partial charge in [-0.2, -0.15) is 0 Å². The van der Waals surface area contributed by atoms with E-state index in [9.17, 15) is 19.4 Å². The van der Waals surface area contributed by atoms with Gasteiger partial charge in [0.05, 0.1) is 29.2 Å². The van der Waals surface area contributed by atoms with Gasteiger partial charge in [-0.05, 0) is 125 Å². The number of amidine groups is 1. The van der Waals surface area contributed by atoms with Gasteiger partial charge in [-0.3, -0.25) is 4.79 Å². The Kier molecular flexibility index (Phi) is 13.2. The van der Waals surface area contributed by atoms with E-state index < -0.39 is 23.8 Å². The van der Waals surface area contributed by atoms with Crippen molar-refractivity contribution < 1.29 is 28.8 Å². The molecule has 3 aromatic carbocycles. The number of anilines is 3. The van der Waals surface area contributed by atoms with Crippen molar-refractivity contribution in [1.29, 1.82) is 0 Å². The van der Waals surface area contributed by atoms with Gasteiger partial charge in [0, 0.05) is 85.2 Å². The number of carbonyl (C=O) groups excluding carboxylic acids is 1. The lowest BCUT2D eigenvalue weighted by Gasteiger charge is -2.60. The van der Waals surface area contributed by atoms with Gasteiger partial charge in [0.25, 0.3) is 0 Å². The molecule has 0 radical (unpaired) electrons. The number of halogens is 1. The average molecular weight is 1050 g/mol. The number of piperazine rings is 1. The summed E-state index contributed by atoms with van der Waals surface area (Å²) in [5.74, 6) is 1.91. The summed E-state index contributed by atoms with van der Waals surface area (Å²) in [7, 11) is 0. The van der Waals surface area contributed by atoms with E-state index in [0.29, 0.717) is 77.0 Å². The van der Waals surface area contributed by atoms with Crippen LogP contribution in [-0.4, -0.2) is 120 Å². The molecule has 2 saturated carbocycles. The Balaban J connectivity index is 0.619. The zero-order valence-corrected chi connectivity index (χ0v) is 44.5. The van der Waals surface area contributed by atoms with E-state index in [1.165, 1.54) is 24.5 Å². The standard InChI is InChI=1S/C59H69FN12O5/c1-34(2)53(56(75)71-33-43(73)22-50(71)55-64-58(5,77-68-55)41-16-14-38(15-17-41)44-10-6-8-12-46(44)60)52-24-47(67-76-52)39-25-59(26-39)27-42(28-59)69-20-18-37(19-21-69)40-29-62-57(63-30-40)72-35(3)31-70(32-36(72)4)49-23-48(65-66-54(49)61)45-11-7-9-13-51(45)74/h6-17,23-24,29-30,34-37,39,42-43,50,53,73-74H,18-22,25-28,31-33H2,1-5H3,(H2,61,66)(H,64,68)/t35?,36?,39?,42?,43-,50+,53-,58+,59?/m1/s1. The molecule has 1 amide bonds. The molecule has 0 bridgehead atoms. The summed E-state index contributed by atoms with van der Waals surface area (Å²) in [6.07, 6.45) is 10.4. The van der Waals surface area contributed by atoms with Crippen LogP contribution in [0.25, 0.3) is 22.4 Å². The summed E-state index contributed by atoms with van der Waals surface area (Å²) in [4.78, 5) is 44.5. The summed E-state index contributed by atoms with van der Waals surface area (Å²) in [5.41, 5.74) is 14.8. The van der Waals surface area contributed by atoms with Gasteiger partial charge in [-0.25, -0.2) is 29.7 Å². The number of phenols is 1. The molecular weight excluding hydrogens is 976 g/mol. The average Bonchev–Trinajstić information content (AvgIpc) is 4.27. The molecule has 17 nitrogen and oxygen atoms in total. The number of likely N-dealkylation sites (tertiary alicyclic amines) is 2. The third-order valence-electron chi connectivity index (χ3n) is 17.7. The molecule has 6 atom stereocenters. The van der Waals surface area contributed by atoms with Crippen molar-refractivity contribution in [3.63, 3.8) is 0 Å². The van der Waals surface area contributed by atoms with E-state index in [-0.39, 0.29) is 42.0 Å². The monoisotopic (exact) mass is 1040 g/mol. The van der Waals surface area contributed by atoms with Crippen molar-refractivity contribution in [1.82, 2.24) is 40.6 Å². The highest BCUT2D eigenvalue weighted by Crippen LogP contribution is 2.63. The largest absolute Gasteiger partial charge is 0.507 e. The molecular formula is C59H69FN12O5. The van der Waals surface area contributed by atoms with Gasteiger partial charge < -0.3 is 40.1 Å². The normalized spacial score (nSPS) is 28.1. The van der Waals surface area contributed by atoms with Crippen LogP contribution >= 0.6 is 0 Å². The molecule has 402 valence electrons. The number of hydrogen-bond donors (Lipinski definition) is 4. The number of para-hydroxylation sites is 1. The Hall–Kier alpha value is -7.02. The van der Waals surface area contributed by atoms with Crippen LogP contribution in [0.5, 0.6) is 5.75 Å². The number of benzene rings is 3. The first-order chi connectivity index (χ1) is 37.1. The number of phenolic OH excluding ortho intramolecular Hbond substituents is 1. The van der Waals surface area contributed by atoms with Crippen LogP contribution in [0.1, 0.15) is 120 Å². The van der Waals surface area contributed by atoms with Crippen molar-refractivity contribution >= 4 is 29.2 Å². The molecule has 7 heterocycles. The molecule has 6 aliphatic rings. The third-order valence-corrected chi connectivity index (χ3v) is 17.7. The number of aliphatic hydroxyl groups is 1. The molecule has 3 saturated heterocycles. The fourth-order valence-electron chi connectivity index (χ4n) is 13.6. The lowest BCUT2D eigenvalue weighted by molar-refractivity contribution is -0.134. The van der Waals surface area contributed by atoms with Crippen molar-refractivity contribution in [2.24, 2.45) is 16.3 Å². The highest BCUT2D eigenvalue weighted by molar-refractivity contribution is 5.94. The summed E-state index contributed by atoms with van der Waals surface area (Å²) < 4.78 is 20.5. The molecule has 2 unspecified atom stereocenters. The zero-order valence-electron chi connectivity index (χ0n) is 44.5. The lowest BCUT2D eigenvalue weighted by Crippen LogP contribution is -2.57. The summed E-state index contributed by atoms with van der Waals surface area (Å²) in [6, 6.07) is 25.4. The van der Waals surface area contributed by atoms with Crippen LogP contribution in [0.2, 0.25) is 0 Å². The van der Waals surface area contributed by atoms with Crippen LogP contribution in [0.4, 0.5) is 21.8 Å². The topological polar surface area (TPSA) is 208 Å². The number of aromatic hydroxyl groups is 1. The number of aliphatic hydroxyl groups excluding tert-OH is 1. The van der Waals surface area contributed by atoms with Gasteiger partial charge in [0.1, 0.15) is 29.1 Å². The predicted molar refractivity (Wildman–Crippen MR) is 291 cm³/mol. The zero-order chi connectivity index (χ0) is 53.3. The van der Waals surface area contributed by atoms with Crippen LogP contribution in [0, 0.1) is 17.2 Å². The number of piperidine rings is 1. The number of carbonyl (C=O) groups is 1. The van der Waals surface area contributed by atoms with Crippen molar-refractivity contribution in [2.45, 2.75) is 133 Å². The van der Waals surface area contributed by atoms with Crippen LogP contribution < -0.4 is 21.0 Å². The number of amides is 1. The lowest BCUT2D eigenvalue weighted by atomic mass is 9.49. The second kappa shape index (κ2) is 20.1. The second-order valence-corrected chi connectivity index (χ2v) is 23.3. The van der Waals surface area contributed by atoms with Crippen LogP contribution in [0.3, 0.4) is 0 Å². The Morgan fingerprint density at radius 1 is 0.870 bits per heavy atom. The molecule has 5 fully saturated rings. The molecule has 12 rings (SSSR count). The maximum Gasteiger partial charge on any atom is 0.234 e. The molecule has 5 N–H and O–H groups in total. The maximum atomic E-state index is 14.6. The van der Waals surface area contributed by atoms with Crippen LogP contribution in [-0.2, 0) is 15.4 Å². The van der Waals surface area contributed by atoms with Gasteiger partial charge in [-0.1, -0.05) is 73.6 Å². The molecule has 2 aliphatic carbocycles. The van der Waals surface area contributed by atoms with E-state index in [0.717, 1.165) is 67.2 Å². The first-order valence-corrected chi connectivity index (χ1v) is 27.5. The summed E-state index contributed by atoms with van der Waals surface area (Å²) in [6.45, 7) is 14.0. The van der Waals surface area contributed by atoms with E-state index in [4.69, 9.17) is 30.1 Å². The minimum atomic E-state index is -1.09. The smallest absolute Gasteiger partial charge is 0.234 e. The number of β-amino-alcohol motifs (C(OH)–C–C–N with tert-alkyl or cyclic N) is 1. The highest BCUT2D eigenvalue weighted by Gasteiger charge is 2.55. The SMILES string of the molecule is CC(C)[C@@H](C(=O)N1C[C@H](O)C[C@H]1C1=N[C@](C)(c2ccc(-c3ccccc3F)cc2)ON1)c1cc(C2CC3(C2)CC(N2CCC(c4cnc(N5C(C)CN(c6cc(-c7ccccc7O)nnc6N)CC5C)nc4)CC2)C3)no1. The molecule has 4 aliphatic heterocycles. The van der Waals surface area contributed by atoms with Crippen molar-refractivity contribution in [3.05, 3.63) is 126 Å². The third kappa shape index (κ3) is 9.55. The second-order valence-electron chi connectivity index (χ2n) is 23.3. The van der Waals surface area contributed by atoms with Gasteiger partial charge in [0.2, 0.25) is 17.6 Å². The number of nitrogen functional groups attached to an aromatic ring is 1. The number of rotatable bonds is 12. The Labute approximate surface area is 448 Å². The van der Waals surface area contributed by atoms with Crippen molar-refractivity contribution in [2.75, 3.05) is 48.3 Å². The number of aliphatic imine (C=N–C) groups is 1. The number of nitrogens with two attached hydrogens (primary N) is 1.